The van der Waals surface area contributed by atoms with Crippen LogP contribution in [0, 0.1) is 26.6 Å². The first kappa shape index (κ1) is 19.6. The maximum Gasteiger partial charge on any atom is 0.230 e. The summed E-state index contributed by atoms with van der Waals surface area (Å²) in [5.41, 5.74) is 6.00. The van der Waals surface area contributed by atoms with Crippen molar-refractivity contribution in [2.75, 3.05) is 5.32 Å². The van der Waals surface area contributed by atoms with Crippen molar-refractivity contribution in [2.45, 2.75) is 37.3 Å². The van der Waals surface area contributed by atoms with Gasteiger partial charge in [0, 0.05) is 16.8 Å². The molecule has 3 rings (SSSR count). The van der Waals surface area contributed by atoms with E-state index in [4.69, 9.17) is 0 Å². The number of thioether (sulfide) groups is 1. The second-order valence-electron chi connectivity index (χ2n) is 6.52. The molecular weight excluding hydrogens is 379 g/mol. The van der Waals surface area contributed by atoms with Gasteiger partial charge in [0.05, 0.1) is 12.1 Å². The number of anilines is 1. The van der Waals surface area contributed by atoms with E-state index in [1.54, 1.807) is 23.9 Å². The lowest BCUT2D eigenvalue weighted by Crippen LogP contribution is -2.16. The molecule has 6 heteroatoms. The Bertz CT molecular complexity index is 928. The molecule has 2 aromatic carbocycles. The Morgan fingerprint density at radius 2 is 1.81 bits per heavy atom. The maximum atomic E-state index is 12.9. The van der Waals surface area contributed by atoms with E-state index in [1.807, 2.05) is 26.2 Å². The molecule has 3 aromatic rings. The van der Waals surface area contributed by atoms with E-state index in [0.29, 0.717) is 0 Å². The van der Waals surface area contributed by atoms with Gasteiger partial charge in [0.2, 0.25) is 5.91 Å². The van der Waals surface area contributed by atoms with Crippen LogP contribution in [-0.2, 0) is 17.0 Å². The number of carbonyl (C=O) groups excluding carboxylic acids is 1. The quantitative estimate of drug-likeness (QED) is 0.541. The monoisotopic (exact) mass is 400 g/mol. The Hall–Kier alpha value is -2.18. The molecule has 0 aliphatic carbocycles. The highest BCUT2D eigenvalue weighted by atomic mass is 32.2. The number of nitrogens with zero attached hydrogens (tertiary/aromatic N) is 1. The average molecular weight is 401 g/mol. The Kier molecular flexibility index (Phi) is 6.29. The fourth-order valence-electron chi connectivity index (χ4n) is 2.89. The summed E-state index contributed by atoms with van der Waals surface area (Å²) < 4.78 is 13.9. The third-order valence-electron chi connectivity index (χ3n) is 4.09. The molecule has 140 valence electrons. The van der Waals surface area contributed by atoms with Crippen molar-refractivity contribution in [1.82, 2.24) is 4.98 Å². The number of benzene rings is 2. The van der Waals surface area contributed by atoms with E-state index in [2.05, 4.69) is 22.4 Å². The van der Waals surface area contributed by atoms with Gasteiger partial charge < -0.3 is 5.32 Å². The van der Waals surface area contributed by atoms with E-state index in [9.17, 15) is 9.18 Å². The molecule has 0 atom stereocenters. The van der Waals surface area contributed by atoms with Crippen molar-refractivity contribution >= 4 is 34.7 Å². The van der Waals surface area contributed by atoms with E-state index in [-0.39, 0.29) is 18.1 Å². The molecule has 0 bridgehead atoms. The minimum atomic E-state index is -0.231. The second kappa shape index (κ2) is 8.67. The highest BCUT2D eigenvalue weighted by Crippen LogP contribution is 2.27. The molecule has 1 N–H and O–H groups in total. The number of aryl methyl sites for hydroxylation is 3. The van der Waals surface area contributed by atoms with E-state index < -0.39 is 0 Å². The minimum Gasteiger partial charge on any atom is -0.325 e. The Balaban J connectivity index is 1.57. The van der Waals surface area contributed by atoms with E-state index >= 15 is 0 Å². The van der Waals surface area contributed by atoms with Crippen molar-refractivity contribution in [3.8, 4) is 0 Å². The zero-order valence-corrected chi connectivity index (χ0v) is 17.1. The number of nitrogens with one attached hydrogen (secondary N) is 1. The third-order valence-corrected chi connectivity index (χ3v) is 6.23. The van der Waals surface area contributed by atoms with Gasteiger partial charge in [0.15, 0.2) is 0 Å². The normalized spacial score (nSPS) is 10.8. The van der Waals surface area contributed by atoms with Gasteiger partial charge in [-0.1, -0.05) is 41.6 Å². The first-order valence-electron chi connectivity index (χ1n) is 8.60. The molecule has 0 aliphatic heterocycles. The Labute approximate surface area is 167 Å². The van der Waals surface area contributed by atoms with Gasteiger partial charge in [0.25, 0.3) is 0 Å². The van der Waals surface area contributed by atoms with Crippen LogP contribution in [0.1, 0.15) is 27.9 Å². The molecule has 0 aliphatic rings. The fourth-order valence-corrected chi connectivity index (χ4v) is 4.69. The average Bonchev–Trinajstić information content (AvgIpc) is 3.05. The summed E-state index contributed by atoms with van der Waals surface area (Å²) in [5.74, 6) is 0.428. The standard InChI is InChI=1S/C21H21FN2OS2/c1-13-8-14(2)20(15(3)9-13)24-19(25)10-18-12-27-21(23-18)26-11-16-4-6-17(22)7-5-16/h4-9,12H,10-11H2,1-3H3,(H,24,25). The van der Waals surface area contributed by atoms with Gasteiger partial charge in [-0.3, -0.25) is 4.79 Å². The third kappa shape index (κ3) is 5.40. The molecule has 0 spiro atoms. The summed E-state index contributed by atoms with van der Waals surface area (Å²) in [6, 6.07) is 10.6. The van der Waals surface area contributed by atoms with Crippen LogP contribution < -0.4 is 5.32 Å². The number of hydrogen-bond acceptors (Lipinski definition) is 4. The first-order valence-corrected chi connectivity index (χ1v) is 10.5. The number of carbonyl (C=O) groups is 1. The predicted molar refractivity (Wildman–Crippen MR) is 111 cm³/mol. The highest BCUT2D eigenvalue weighted by molar-refractivity contribution is 8.00. The predicted octanol–water partition coefficient (Wildman–Crippen LogP) is 5.68. The second-order valence-corrected chi connectivity index (χ2v) is 8.60. The van der Waals surface area contributed by atoms with Crippen LogP contribution in [0.5, 0.6) is 0 Å². The Morgan fingerprint density at radius 3 is 2.48 bits per heavy atom. The summed E-state index contributed by atoms with van der Waals surface area (Å²) in [6.45, 7) is 6.05. The molecule has 27 heavy (non-hydrogen) atoms. The van der Waals surface area contributed by atoms with Gasteiger partial charge in [-0.05, 0) is 49.6 Å². The van der Waals surface area contributed by atoms with E-state index in [1.165, 1.54) is 29.0 Å². The van der Waals surface area contributed by atoms with Crippen molar-refractivity contribution in [3.05, 3.63) is 75.5 Å². The summed E-state index contributed by atoms with van der Waals surface area (Å²) in [4.78, 5) is 16.9. The number of aromatic nitrogens is 1. The first-order chi connectivity index (χ1) is 12.9. The molecule has 1 amide bonds. The van der Waals surface area contributed by atoms with Crippen LogP contribution in [0.15, 0.2) is 46.1 Å². The molecule has 0 saturated heterocycles. The zero-order valence-electron chi connectivity index (χ0n) is 15.5. The number of rotatable bonds is 6. The van der Waals surface area contributed by atoms with Crippen molar-refractivity contribution < 1.29 is 9.18 Å². The molecule has 0 radical (unpaired) electrons. The SMILES string of the molecule is Cc1cc(C)c(NC(=O)Cc2csc(SCc3ccc(F)cc3)n2)c(C)c1. The molecule has 3 nitrogen and oxygen atoms in total. The van der Waals surface area contributed by atoms with Crippen LogP contribution in [0.4, 0.5) is 10.1 Å². The molecule has 0 saturated carbocycles. The van der Waals surface area contributed by atoms with Crippen molar-refractivity contribution in [1.29, 1.82) is 0 Å². The van der Waals surface area contributed by atoms with Crippen LogP contribution in [0.25, 0.3) is 0 Å². The Morgan fingerprint density at radius 1 is 1.15 bits per heavy atom. The molecular formula is C21H21FN2OS2. The summed E-state index contributed by atoms with van der Waals surface area (Å²) in [5, 5.41) is 4.93. The van der Waals surface area contributed by atoms with Crippen LogP contribution in [0.2, 0.25) is 0 Å². The minimum absolute atomic E-state index is 0.0644. The number of thiazole rings is 1. The molecule has 1 heterocycles. The van der Waals surface area contributed by atoms with Gasteiger partial charge in [-0.2, -0.15) is 0 Å². The number of amides is 1. The smallest absolute Gasteiger partial charge is 0.230 e. The van der Waals surface area contributed by atoms with Gasteiger partial charge in [-0.15, -0.1) is 11.3 Å². The lowest BCUT2D eigenvalue weighted by Gasteiger charge is -2.12. The zero-order chi connectivity index (χ0) is 19.4. The van der Waals surface area contributed by atoms with E-state index in [0.717, 1.165) is 38.2 Å². The molecule has 0 fully saturated rings. The van der Waals surface area contributed by atoms with Gasteiger partial charge >= 0.3 is 0 Å². The van der Waals surface area contributed by atoms with Crippen LogP contribution in [0.3, 0.4) is 0 Å². The maximum absolute atomic E-state index is 12.9. The van der Waals surface area contributed by atoms with Gasteiger partial charge in [0.1, 0.15) is 10.2 Å². The lowest BCUT2D eigenvalue weighted by molar-refractivity contribution is -0.115. The largest absolute Gasteiger partial charge is 0.325 e. The fraction of sp³-hybridized carbons (Fsp3) is 0.238. The summed E-state index contributed by atoms with van der Waals surface area (Å²) in [6.07, 6.45) is 0.250. The van der Waals surface area contributed by atoms with Gasteiger partial charge in [-0.25, -0.2) is 9.37 Å². The molecule has 0 unspecified atom stereocenters. The number of halogens is 1. The highest BCUT2D eigenvalue weighted by Gasteiger charge is 2.11. The van der Waals surface area contributed by atoms with Crippen molar-refractivity contribution in [3.63, 3.8) is 0 Å². The summed E-state index contributed by atoms with van der Waals surface area (Å²) >= 11 is 3.12. The topological polar surface area (TPSA) is 42.0 Å². The lowest BCUT2D eigenvalue weighted by atomic mass is 10.0. The van der Waals surface area contributed by atoms with Crippen molar-refractivity contribution in [2.24, 2.45) is 0 Å². The van der Waals surface area contributed by atoms with Crippen LogP contribution >= 0.6 is 23.1 Å². The molecule has 1 aromatic heterocycles. The van der Waals surface area contributed by atoms with Crippen LogP contribution in [-0.4, -0.2) is 10.9 Å². The summed E-state index contributed by atoms with van der Waals surface area (Å²) in [7, 11) is 0. The number of hydrogen-bond donors (Lipinski definition) is 1.